The van der Waals surface area contributed by atoms with Gasteiger partial charge in [-0.1, -0.05) is 69.4 Å². The molecule has 0 amide bonds. The van der Waals surface area contributed by atoms with Crippen molar-refractivity contribution in [1.29, 1.82) is 0 Å². The van der Waals surface area contributed by atoms with Crippen LogP contribution >= 0.6 is 0 Å². The van der Waals surface area contributed by atoms with Gasteiger partial charge in [-0.25, -0.2) is 9.37 Å². The maximum absolute atomic E-state index is 13.9. The lowest BCUT2D eigenvalue weighted by atomic mass is 9.76. The molecule has 1 aliphatic carbocycles. The Labute approximate surface area is 222 Å². The number of allylic oxidation sites excluding steroid dienone is 4. The van der Waals surface area contributed by atoms with Gasteiger partial charge in [-0.05, 0) is 42.5 Å². The number of aromatic amines is 1. The number of nitrogens with zero attached hydrogens (tertiary/aromatic N) is 1. The molecule has 38 heavy (non-hydrogen) atoms. The Morgan fingerprint density at radius 3 is 2.55 bits per heavy atom. The average Bonchev–Trinajstić information content (AvgIpc) is 3.31. The number of hydrogen-bond donors (Lipinski definition) is 4. The summed E-state index contributed by atoms with van der Waals surface area (Å²) < 4.78 is 13.9. The maximum atomic E-state index is 13.9. The van der Waals surface area contributed by atoms with Gasteiger partial charge in [0.05, 0.1) is 24.3 Å². The Kier molecular flexibility index (Phi) is 8.29. The summed E-state index contributed by atoms with van der Waals surface area (Å²) in [5.41, 5.74) is 4.91. The number of carboxylic acids is 1. The first-order valence-corrected chi connectivity index (χ1v) is 13.1. The van der Waals surface area contributed by atoms with Crippen molar-refractivity contribution in [2.75, 3.05) is 0 Å². The number of aliphatic carboxylic acids is 1. The lowest BCUT2D eigenvalue weighted by Gasteiger charge is -2.29. The van der Waals surface area contributed by atoms with Crippen LogP contribution in [0.3, 0.4) is 0 Å². The van der Waals surface area contributed by atoms with E-state index in [1.165, 1.54) is 12.1 Å². The summed E-state index contributed by atoms with van der Waals surface area (Å²) in [5, 5.41) is 30.3. The highest BCUT2D eigenvalue weighted by Gasteiger charge is 2.30. The van der Waals surface area contributed by atoms with Crippen molar-refractivity contribution in [3.8, 4) is 11.1 Å². The molecule has 3 aromatic rings. The normalized spacial score (nSPS) is 19.0. The highest BCUT2D eigenvalue weighted by molar-refractivity contribution is 5.99. The second-order valence-electron chi connectivity index (χ2n) is 10.3. The molecular formula is C31H35FN2O4. The summed E-state index contributed by atoms with van der Waals surface area (Å²) in [6.45, 7) is 6.25. The molecule has 2 aromatic heterocycles. The van der Waals surface area contributed by atoms with E-state index in [9.17, 15) is 19.4 Å². The van der Waals surface area contributed by atoms with Crippen LogP contribution in [0.5, 0.6) is 0 Å². The molecule has 0 saturated heterocycles. The molecule has 0 saturated carbocycles. The third-order valence-corrected chi connectivity index (χ3v) is 7.24. The molecule has 3 unspecified atom stereocenters. The van der Waals surface area contributed by atoms with Gasteiger partial charge in [0.1, 0.15) is 11.5 Å². The third kappa shape index (κ3) is 5.79. The second-order valence-corrected chi connectivity index (χ2v) is 10.3. The molecule has 4 N–H and O–H groups in total. The van der Waals surface area contributed by atoms with E-state index in [4.69, 9.17) is 10.1 Å². The number of carboxylic acid groups (broad SMARTS) is 1. The second kappa shape index (κ2) is 11.5. The van der Waals surface area contributed by atoms with E-state index >= 15 is 0 Å². The van der Waals surface area contributed by atoms with Crippen LogP contribution in [-0.4, -0.2) is 43.5 Å². The Bertz CT molecular complexity index is 1390. The lowest BCUT2D eigenvalue weighted by molar-refractivity contribution is -0.139. The number of H-pyrrole nitrogens is 1. The summed E-state index contributed by atoms with van der Waals surface area (Å²) >= 11 is 0. The Morgan fingerprint density at radius 1 is 1.21 bits per heavy atom. The summed E-state index contributed by atoms with van der Waals surface area (Å²) in [4.78, 5) is 19.5. The van der Waals surface area contributed by atoms with Gasteiger partial charge in [0.2, 0.25) is 0 Å². The number of hydrogen-bond acceptors (Lipinski definition) is 4. The van der Waals surface area contributed by atoms with Crippen molar-refractivity contribution < 1.29 is 24.5 Å². The van der Waals surface area contributed by atoms with Crippen LogP contribution in [0.1, 0.15) is 69.3 Å². The molecule has 0 radical (unpaired) electrons. The van der Waals surface area contributed by atoms with E-state index < -0.39 is 24.6 Å². The van der Waals surface area contributed by atoms with E-state index in [-0.39, 0.29) is 23.6 Å². The molecule has 0 aliphatic heterocycles. The van der Waals surface area contributed by atoms with Crippen molar-refractivity contribution >= 4 is 23.1 Å². The monoisotopic (exact) mass is 518 g/mol. The molecule has 1 aromatic carbocycles. The van der Waals surface area contributed by atoms with Crippen molar-refractivity contribution in [1.82, 2.24) is 9.97 Å². The van der Waals surface area contributed by atoms with E-state index in [1.54, 1.807) is 24.3 Å². The zero-order valence-electron chi connectivity index (χ0n) is 22.0. The molecular weight excluding hydrogens is 483 g/mol. The zero-order valence-corrected chi connectivity index (χ0v) is 22.0. The first-order valence-electron chi connectivity index (χ1n) is 13.1. The first kappa shape index (κ1) is 27.5. The summed E-state index contributed by atoms with van der Waals surface area (Å²) in [7, 11) is 0. The van der Waals surface area contributed by atoms with Crippen LogP contribution in [0, 0.1) is 5.82 Å². The standard InChI is InChI=1S/C31H35FN2O4/c1-4-31(14-6-5-7-15-31)26-18-25-28(20-8-10-21(32)11-9-20)24(29(19(2)3)34-30(25)33-26)13-12-22(35)16-23(36)17-27(37)38/h5-14,18-19,22-23,35-36H,4,15-17H2,1-3H3,(H,33,34)(H,37,38). The average molecular weight is 519 g/mol. The van der Waals surface area contributed by atoms with E-state index in [1.807, 2.05) is 13.8 Å². The SMILES string of the molecule is CCC1(c2cc3c(-c4ccc(F)cc4)c(C=CC(O)CC(O)CC(=O)O)c(C(C)C)nc3[nH]2)C=CC=CC1. The molecule has 200 valence electrons. The van der Waals surface area contributed by atoms with Gasteiger partial charge in [-0.15, -0.1) is 0 Å². The Balaban J connectivity index is 1.89. The van der Waals surface area contributed by atoms with Crippen LogP contribution in [-0.2, 0) is 10.2 Å². The molecule has 0 fully saturated rings. The number of fused-ring (bicyclic) bond motifs is 1. The largest absolute Gasteiger partial charge is 0.481 e. The Hall–Kier alpha value is -3.55. The number of pyridine rings is 1. The quantitative estimate of drug-likeness (QED) is 0.254. The van der Waals surface area contributed by atoms with Gasteiger partial charge in [-0.3, -0.25) is 4.79 Å². The van der Waals surface area contributed by atoms with Crippen molar-refractivity contribution in [3.05, 3.63) is 83.5 Å². The lowest BCUT2D eigenvalue weighted by Crippen LogP contribution is -2.23. The minimum absolute atomic E-state index is 0.0392. The minimum atomic E-state index is -1.16. The fourth-order valence-electron chi connectivity index (χ4n) is 5.15. The molecule has 6 nitrogen and oxygen atoms in total. The number of aliphatic hydroxyl groups excluding tert-OH is 2. The van der Waals surface area contributed by atoms with Gasteiger partial charge in [0, 0.05) is 34.0 Å². The van der Waals surface area contributed by atoms with Crippen LogP contribution in [0.15, 0.2) is 60.7 Å². The highest BCUT2D eigenvalue weighted by Crippen LogP contribution is 2.41. The van der Waals surface area contributed by atoms with Crippen LogP contribution in [0.25, 0.3) is 28.2 Å². The number of aliphatic hydroxyl groups is 2. The molecule has 0 bridgehead atoms. The highest BCUT2D eigenvalue weighted by atomic mass is 19.1. The van der Waals surface area contributed by atoms with E-state index in [0.29, 0.717) is 0 Å². The van der Waals surface area contributed by atoms with Crippen LogP contribution in [0.2, 0.25) is 0 Å². The molecule has 4 rings (SSSR count). The van der Waals surface area contributed by atoms with Crippen molar-refractivity contribution in [2.24, 2.45) is 0 Å². The Morgan fingerprint density at radius 2 is 1.95 bits per heavy atom. The van der Waals surface area contributed by atoms with Crippen LogP contribution in [0.4, 0.5) is 4.39 Å². The maximum Gasteiger partial charge on any atom is 0.305 e. The number of benzene rings is 1. The zero-order chi connectivity index (χ0) is 27.4. The summed E-state index contributed by atoms with van der Waals surface area (Å²) in [5.74, 6) is -1.42. The van der Waals surface area contributed by atoms with Gasteiger partial charge >= 0.3 is 5.97 Å². The molecule has 2 heterocycles. The molecule has 7 heteroatoms. The van der Waals surface area contributed by atoms with Gasteiger partial charge < -0.3 is 20.3 Å². The molecule has 1 aliphatic rings. The number of aromatic nitrogens is 2. The fraction of sp³-hybridized carbons (Fsp3) is 0.355. The number of rotatable bonds is 10. The smallest absolute Gasteiger partial charge is 0.305 e. The summed E-state index contributed by atoms with van der Waals surface area (Å²) in [6, 6.07) is 8.46. The van der Waals surface area contributed by atoms with Crippen molar-refractivity contribution in [2.45, 2.75) is 70.0 Å². The fourth-order valence-corrected chi connectivity index (χ4v) is 5.15. The molecule has 3 atom stereocenters. The third-order valence-electron chi connectivity index (χ3n) is 7.24. The van der Waals surface area contributed by atoms with Gasteiger partial charge in [-0.2, -0.15) is 0 Å². The number of carbonyl (C=O) groups is 1. The summed E-state index contributed by atoms with van der Waals surface area (Å²) in [6.07, 6.45) is 10.9. The van der Waals surface area contributed by atoms with E-state index in [0.717, 1.165) is 52.0 Å². The molecule has 0 spiro atoms. The first-order chi connectivity index (χ1) is 18.1. The topological polar surface area (TPSA) is 106 Å². The predicted molar refractivity (Wildman–Crippen MR) is 148 cm³/mol. The number of nitrogens with one attached hydrogen (secondary N) is 1. The predicted octanol–water partition coefficient (Wildman–Crippen LogP) is 6.26. The van der Waals surface area contributed by atoms with Gasteiger partial charge in [0.25, 0.3) is 0 Å². The van der Waals surface area contributed by atoms with Crippen molar-refractivity contribution in [3.63, 3.8) is 0 Å². The minimum Gasteiger partial charge on any atom is -0.481 e. The number of halogens is 1. The van der Waals surface area contributed by atoms with E-state index in [2.05, 4.69) is 42.3 Å². The van der Waals surface area contributed by atoms with Gasteiger partial charge in [0.15, 0.2) is 0 Å². The van der Waals surface area contributed by atoms with Crippen LogP contribution < -0.4 is 0 Å².